The summed E-state index contributed by atoms with van der Waals surface area (Å²) in [6, 6.07) is 0. The maximum Gasteiger partial charge on any atom is 0.0499 e. The highest BCUT2D eigenvalue weighted by molar-refractivity contribution is 4.87. The third kappa shape index (κ3) is 3.69. The predicted molar refractivity (Wildman–Crippen MR) is 75.7 cm³/mol. The van der Waals surface area contributed by atoms with Gasteiger partial charge in [-0.25, -0.2) is 0 Å². The second-order valence-electron chi connectivity index (χ2n) is 6.81. The van der Waals surface area contributed by atoms with Crippen molar-refractivity contribution in [3.05, 3.63) is 0 Å². The zero-order valence-corrected chi connectivity index (χ0v) is 12.2. The van der Waals surface area contributed by atoms with E-state index in [1.807, 2.05) is 0 Å². The fraction of sp³-hybridized carbons (Fsp3) is 1.00. The summed E-state index contributed by atoms with van der Waals surface area (Å²) in [5, 5.41) is 9.67. The second-order valence-corrected chi connectivity index (χ2v) is 6.81. The van der Waals surface area contributed by atoms with Crippen molar-refractivity contribution < 1.29 is 5.11 Å². The lowest BCUT2D eigenvalue weighted by Crippen LogP contribution is -2.41. The highest BCUT2D eigenvalue weighted by Gasteiger charge is 2.34. The minimum Gasteiger partial charge on any atom is -0.396 e. The molecule has 2 rings (SSSR count). The van der Waals surface area contributed by atoms with Gasteiger partial charge >= 0.3 is 0 Å². The van der Waals surface area contributed by atoms with Crippen molar-refractivity contribution in [1.82, 2.24) is 9.80 Å². The molecule has 0 aromatic carbocycles. The van der Waals surface area contributed by atoms with Crippen LogP contribution in [0.15, 0.2) is 0 Å². The first-order chi connectivity index (χ1) is 8.63. The largest absolute Gasteiger partial charge is 0.396 e. The van der Waals surface area contributed by atoms with Gasteiger partial charge in [0.25, 0.3) is 0 Å². The van der Waals surface area contributed by atoms with Crippen molar-refractivity contribution in [2.24, 2.45) is 11.3 Å². The number of hydrogen-bond donors (Lipinski definition) is 1. The van der Waals surface area contributed by atoms with Crippen molar-refractivity contribution in [3.63, 3.8) is 0 Å². The second kappa shape index (κ2) is 6.36. The molecule has 1 heterocycles. The number of piperidine rings is 1. The standard InChI is InChI=1S/C15H30N2O/c1-16-9-5-14(6-10-16)11-17(2)12-15(13-18)7-3-4-8-15/h14,18H,3-13H2,1-2H3. The van der Waals surface area contributed by atoms with Crippen molar-refractivity contribution >= 4 is 0 Å². The molecule has 2 aliphatic rings. The predicted octanol–water partition coefficient (Wildman–Crippen LogP) is 1.81. The van der Waals surface area contributed by atoms with Gasteiger partial charge in [0.05, 0.1) is 0 Å². The molecule has 1 aliphatic carbocycles. The van der Waals surface area contributed by atoms with Crippen LogP contribution >= 0.6 is 0 Å². The number of aliphatic hydroxyl groups is 1. The van der Waals surface area contributed by atoms with E-state index in [1.54, 1.807) is 0 Å². The van der Waals surface area contributed by atoms with E-state index >= 15 is 0 Å². The van der Waals surface area contributed by atoms with Gasteiger partial charge in [0.1, 0.15) is 0 Å². The lowest BCUT2D eigenvalue weighted by molar-refractivity contribution is 0.0759. The first-order valence-electron chi connectivity index (χ1n) is 7.61. The van der Waals surface area contributed by atoms with Crippen LogP contribution in [0, 0.1) is 11.3 Å². The maximum atomic E-state index is 9.67. The van der Waals surface area contributed by atoms with Crippen LogP contribution in [0.3, 0.4) is 0 Å². The molecule has 0 bridgehead atoms. The van der Waals surface area contributed by atoms with E-state index < -0.39 is 0 Å². The molecule has 0 unspecified atom stereocenters. The first-order valence-corrected chi connectivity index (χ1v) is 7.61. The van der Waals surface area contributed by atoms with Crippen LogP contribution in [0.1, 0.15) is 38.5 Å². The van der Waals surface area contributed by atoms with Crippen molar-refractivity contribution in [3.8, 4) is 0 Å². The summed E-state index contributed by atoms with van der Waals surface area (Å²) >= 11 is 0. The Kier molecular flexibility index (Phi) is 5.05. The third-order valence-corrected chi connectivity index (χ3v) is 5.01. The first kappa shape index (κ1) is 14.3. The van der Waals surface area contributed by atoms with E-state index in [2.05, 4.69) is 23.9 Å². The van der Waals surface area contributed by atoms with E-state index in [9.17, 15) is 5.11 Å². The molecule has 0 aromatic heterocycles. The van der Waals surface area contributed by atoms with Gasteiger partial charge in [-0.05, 0) is 58.8 Å². The molecule has 0 radical (unpaired) electrons. The van der Waals surface area contributed by atoms with Crippen LogP contribution in [0.5, 0.6) is 0 Å². The summed E-state index contributed by atoms with van der Waals surface area (Å²) in [6.07, 6.45) is 7.74. The highest BCUT2D eigenvalue weighted by atomic mass is 16.3. The SMILES string of the molecule is CN1CCC(CN(C)CC2(CO)CCCC2)CC1. The van der Waals surface area contributed by atoms with Gasteiger partial charge in [0.2, 0.25) is 0 Å². The number of hydrogen-bond acceptors (Lipinski definition) is 3. The monoisotopic (exact) mass is 254 g/mol. The summed E-state index contributed by atoms with van der Waals surface area (Å²) < 4.78 is 0. The summed E-state index contributed by atoms with van der Waals surface area (Å²) in [5.74, 6) is 0.864. The van der Waals surface area contributed by atoms with Crippen LogP contribution in [0.25, 0.3) is 0 Å². The Morgan fingerprint density at radius 2 is 1.83 bits per heavy atom. The molecule has 0 amide bonds. The number of rotatable bonds is 5. The Morgan fingerprint density at radius 3 is 2.39 bits per heavy atom. The van der Waals surface area contributed by atoms with Crippen molar-refractivity contribution in [2.45, 2.75) is 38.5 Å². The highest BCUT2D eigenvalue weighted by Crippen LogP contribution is 2.38. The van der Waals surface area contributed by atoms with Crippen LogP contribution in [0.4, 0.5) is 0 Å². The van der Waals surface area contributed by atoms with E-state index in [0.29, 0.717) is 6.61 Å². The summed E-state index contributed by atoms with van der Waals surface area (Å²) in [5.41, 5.74) is 0.222. The average Bonchev–Trinajstić information content (AvgIpc) is 2.81. The summed E-state index contributed by atoms with van der Waals surface area (Å²) in [6.45, 7) is 5.20. The fourth-order valence-corrected chi connectivity index (χ4v) is 3.81. The van der Waals surface area contributed by atoms with Gasteiger partial charge in [0.15, 0.2) is 0 Å². The third-order valence-electron chi connectivity index (χ3n) is 5.01. The Morgan fingerprint density at radius 1 is 1.22 bits per heavy atom. The van der Waals surface area contributed by atoms with Gasteiger partial charge < -0.3 is 14.9 Å². The van der Waals surface area contributed by atoms with Gasteiger partial charge in [0, 0.05) is 25.1 Å². The number of likely N-dealkylation sites (tertiary alicyclic amines) is 1. The maximum absolute atomic E-state index is 9.67. The molecular formula is C15H30N2O. The minimum absolute atomic E-state index is 0.222. The van der Waals surface area contributed by atoms with E-state index in [1.165, 1.54) is 58.2 Å². The van der Waals surface area contributed by atoms with Gasteiger partial charge in [-0.2, -0.15) is 0 Å². The summed E-state index contributed by atoms with van der Waals surface area (Å²) in [7, 11) is 4.47. The molecule has 3 heteroatoms. The molecule has 1 saturated heterocycles. The number of aliphatic hydroxyl groups excluding tert-OH is 1. The Balaban J connectivity index is 1.75. The molecule has 1 saturated carbocycles. The van der Waals surface area contributed by atoms with Gasteiger partial charge in [-0.3, -0.25) is 0 Å². The Hall–Kier alpha value is -0.120. The number of nitrogens with zero attached hydrogens (tertiary/aromatic N) is 2. The Labute approximate surface area is 112 Å². The summed E-state index contributed by atoms with van der Waals surface area (Å²) in [4.78, 5) is 4.92. The lowest BCUT2D eigenvalue weighted by atomic mass is 9.86. The van der Waals surface area contributed by atoms with Crippen LogP contribution < -0.4 is 0 Å². The van der Waals surface area contributed by atoms with E-state index in [0.717, 1.165) is 12.5 Å². The van der Waals surface area contributed by atoms with Crippen LogP contribution in [0.2, 0.25) is 0 Å². The van der Waals surface area contributed by atoms with Gasteiger partial charge in [-0.1, -0.05) is 12.8 Å². The molecular weight excluding hydrogens is 224 g/mol. The molecule has 1 N–H and O–H groups in total. The molecule has 106 valence electrons. The lowest BCUT2D eigenvalue weighted by Gasteiger charge is -2.36. The van der Waals surface area contributed by atoms with Gasteiger partial charge in [-0.15, -0.1) is 0 Å². The quantitative estimate of drug-likeness (QED) is 0.810. The van der Waals surface area contributed by atoms with Crippen molar-refractivity contribution in [2.75, 3.05) is 46.9 Å². The van der Waals surface area contributed by atoms with E-state index in [4.69, 9.17) is 0 Å². The minimum atomic E-state index is 0.222. The normalized spacial score (nSPS) is 26.0. The Bertz CT molecular complexity index is 243. The van der Waals surface area contributed by atoms with E-state index in [-0.39, 0.29) is 5.41 Å². The zero-order chi connectivity index (χ0) is 13.0. The molecule has 0 atom stereocenters. The average molecular weight is 254 g/mol. The smallest absolute Gasteiger partial charge is 0.0499 e. The van der Waals surface area contributed by atoms with Crippen molar-refractivity contribution in [1.29, 1.82) is 0 Å². The fourth-order valence-electron chi connectivity index (χ4n) is 3.81. The molecule has 1 aliphatic heterocycles. The zero-order valence-electron chi connectivity index (χ0n) is 12.2. The topological polar surface area (TPSA) is 26.7 Å². The molecule has 3 nitrogen and oxygen atoms in total. The molecule has 0 spiro atoms. The van der Waals surface area contributed by atoms with Crippen LogP contribution in [-0.4, -0.2) is 61.8 Å². The molecule has 0 aromatic rings. The van der Waals surface area contributed by atoms with Crippen LogP contribution in [-0.2, 0) is 0 Å². The molecule has 18 heavy (non-hydrogen) atoms. The molecule has 2 fully saturated rings.